The minimum Gasteiger partial charge on any atom is -0.496 e. The molecule has 0 fully saturated rings. The molecule has 21 heavy (non-hydrogen) atoms. The van der Waals surface area contributed by atoms with Gasteiger partial charge in [0.2, 0.25) is 0 Å². The van der Waals surface area contributed by atoms with Crippen LogP contribution < -0.4 is 19.9 Å². The second-order valence-corrected chi connectivity index (χ2v) is 4.73. The Hall–Kier alpha value is -1.95. The molecule has 0 aromatic heterocycles. The lowest BCUT2D eigenvalue weighted by Crippen LogP contribution is -2.29. The lowest BCUT2D eigenvalue weighted by Gasteiger charge is -2.24. The maximum atomic E-state index is 11.1. The Morgan fingerprint density at radius 1 is 1.14 bits per heavy atom. The third kappa shape index (κ3) is 4.01. The topological polar surface area (TPSA) is 91.0 Å². The van der Waals surface area contributed by atoms with Gasteiger partial charge in [-0.1, -0.05) is 6.92 Å². The minimum atomic E-state index is -0.902. The molecule has 3 N–H and O–H groups in total. The van der Waals surface area contributed by atoms with Crippen molar-refractivity contribution in [1.82, 2.24) is 0 Å². The van der Waals surface area contributed by atoms with Crippen LogP contribution in [0.1, 0.15) is 31.2 Å². The van der Waals surface area contributed by atoms with Gasteiger partial charge < -0.3 is 25.1 Å². The molecule has 0 aliphatic heterocycles. The van der Waals surface area contributed by atoms with E-state index < -0.39 is 5.97 Å². The third-order valence-electron chi connectivity index (χ3n) is 3.52. The zero-order valence-electron chi connectivity index (χ0n) is 12.9. The van der Waals surface area contributed by atoms with Gasteiger partial charge in [0.1, 0.15) is 5.75 Å². The summed E-state index contributed by atoms with van der Waals surface area (Å²) in [6, 6.07) is 3.14. The molecule has 6 nitrogen and oxygen atoms in total. The zero-order chi connectivity index (χ0) is 16.0. The quantitative estimate of drug-likeness (QED) is 0.762. The minimum absolute atomic E-state index is 0.0686. The van der Waals surface area contributed by atoms with Crippen molar-refractivity contribution in [1.29, 1.82) is 0 Å². The number of methoxy groups -OCH3 is 3. The Labute approximate surface area is 124 Å². The monoisotopic (exact) mass is 297 g/mol. The van der Waals surface area contributed by atoms with E-state index in [4.69, 9.17) is 25.1 Å². The summed E-state index contributed by atoms with van der Waals surface area (Å²) >= 11 is 0. The molecule has 0 bridgehead atoms. The highest BCUT2D eigenvalue weighted by molar-refractivity contribution is 5.69. The van der Waals surface area contributed by atoms with Crippen LogP contribution in [-0.2, 0) is 4.79 Å². The van der Waals surface area contributed by atoms with Gasteiger partial charge >= 0.3 is 5.97 Å². The molecule has 118 valence electrons. The molecule has 2 unspecified atom stereocenters. The molecule has 1 aromatic carbocycles. The van der Waals surface area contributed by atoms with Crippen molar-refractivity contribution in [3.8, 4) is 17.2 Å². The van der Waals surface area contributed by atoms with E-state index >= 15 is 0 Å². The van der Waals surface area contributed by atoms with Gasteiger partial charge in [-0.25, -0.2) is 0 Å². The van der Waals surface area contributed by atoms with Crippen molar-refractivity contribution < 1.29 is 24.1 Å². The number of ether oxygens (including phenoxy) is 3. The number of rotatable bonds is 8. The smallest absolute Gasteiger partial charge is 0.304 e. The summed E-state index contributed by atoms with van der Waals surface area (Å²) in [4.78, 5) is 11.1. The molecule has 2 atom stereocenters. The number of hydrogen-bond donors (Lipinski definition) is 2. The molecule has 0 saturated carbocycles. The van der Waals surface area contributed by atoms with Crippen LogP contribution in [0.3, 0.4) is 0 Å². The SMILES string of the molecule is CCC(N)C(CC(=O)O)c1cc(OC)c(OC)cc1OC. The maximum absolute atomic E-state index is 11.1. The van der Waals surface area contributed by atoms with Crippen LogP contribution in [0.2, 0.25) is 0 Å². The lowest BCUT2D eigenvalue weighted by molar-refractivity contribution is -0.137. The average molecular weight is 297 g/mol. The molecule has 1 aromatic rings. The van der Waals surface area contributed by atoms with Crippen molar-refractivity contribution in [3.05, 3.63) is 17.7 Å². The summed E-state index contributed by atoms with van der Waals surface area (Å²) in [5.74, 6) is 0.329. The van der Waals surface area contributed by atoms with Crippen LogP contribution in [0.5, 0.6) is 17.2 Å². The van der Waals surface area contributed by atoms with Crippen LogP contribution >= 0.6 is 0 Å². The number of hydrogen-bond acceptors (Lipinski definition) is 5. The summed E-state index contributed by atoms with van der Waals surface area (Å²) in [6.07, 6.45) is 0.594. The van der Waals surface area contributed by atoms with E-state index in [1.54, 1.807) is 12.1 Å². The van der Waals surface area contributed by atoms with E-state index in [2.05, 4.69) is 0 Å². The largest absolute Gasteiger partial charge is 0.496 e. The number of aliphatic carboxylic acids is 1. The summed E-state index contributed by atoms with van der Waals surface area (Å²) in [6.45, 7) is 1.92. The summed E-state index contributed by atoms with van der Waals surface area (Å²) in [5, 5.41) is 9.13. The fraction of sp³-hybridized carbons (Fsp3) is 0.533. The lowest BCUT2D eigenvalue weighted by atomic mass is 9.86. The van der Waals surface area contributed by atoms with Gasteiger partial charge in [-0.05, 0) is 12.5 Å². The Morgan fingerprint density at radius 2 is 1.67 bits per heavy atom. The van der Waals surface area contributed by atoms with E-state index in [-0.39, 0.29) is 18.4 Å². The van der Waals surface area contributed by atoms with Gasteiger partial charge in [-0.2, -0.15) is 0 Å². The number of benzene rings is 1. The van der Waals surface area contributed by atoms with Gasteiger partial charge in [-0.15, -0.1) is 0 Å². The first-order valence-corrected chi connectivity index (χ1v) is 6.75. The fourth-order valence-corrected chi connectivity index (χ4v) is 2.31. The van der Waals surface area contributed by atoms with Crippen LogP contribution in [0, 0.1) is 0 Å². The first-order valence-electron chi connectivity index (χ1n) is 6.75. The van der Waals surface area contributed by atoms with Gasteiger partial charge in [0.05, 0.1) is 27.8 Å². The summed E-state index contributed by atoms with van der Waals surface area (Å²) in [7, 11) is 4.59. The standard InChI is InChI=1S/C15H23NO5/c1-5-11(16)9(7-15(17)18)10-6-13(20-3)14(21-4)8-12(10)19-2/h6,8-9,11H,5,7,16H2,1-4H3,(H,17,18). The molecule has 0 heterocycles. The molecular weight excluding hydrogens is 274 g/mol. The van der Waals surface area contributed by atoms with Gasteiger partial charge in [0.25, 0.3) is 0 Å². The number of carbonyl (C=O) groups is 1. The highest BCUT2D eigenvalue weighted by Crippen LogP contribution is 2.40. The van der Waals surface area contributed by atoms with Crippen molar-refractivity contribution in [2.24, 2.45) is 5.73 Å². The highest BCUT2D eigenvalue weighted by atomic mass is 16.5. The van der Waals surface area contributed by atoms with Gasteiger partial charge in [0.15, 0.2) is 11.5 Å². The molecule has 0 saturated heterocycles. The van der Waals surface area contributed by atoms with Gasteiger partial charge in [0, 0.05) is 23.6 Å². The van der Waals surface area contributed by atoms with E-state index in [0.717, 1.165) is 0 Å². The Bertz CT molecular complexity index is 489. The molecule has 0 amide bonds. The molecule has 0 radical (unpaired) electrons. The second kappa shape index (κ2) is 7.73. The fourth-order valence-electron chi connectivity index (χ4n) is 2.31. The molecule has 6 heteroatoms. The van der Waals surface area contributed by atoms with E-state index in [0.29, 0.717) is 29.2 Å². The third-order valence-corrected chi connectivity index (χ3v) is 3.52. The van der Waals surface area contributed by atoms with Crippen molar-refractivity contribution in [3.63, 3.8) is 0 Å². The molecule has 0 aliphatic rings. The summed E-state index contributed by atoms with van der Waals surface area (Å²) < 4.78 is 15.9. The molecule has 0 aliphatic carbocycles. The Balaban J connectivity index is 3.37. The number of carboxylic acids is 1. The normalized spacial score (nSPS) is 13.4. The van der Waals surface area contributed by atoms with Crippen molar-refractivity contribution in [2.75, 3.05) is 21.3 Å². The summed E-state index contributed by atoms with van der Waals surface area (Å²) in [5.41, 5.74) is 6.81. The zero-order valence-corrected chi connectivity index (χ0v) is 12.9. The molecule has 0 spiro atoms. The average Bonchev–Trinajstić information content (AvgIpc) is 2.50. The van der Waals surface area contributed by atoms with E-state index in [1.165, 1.54) is 21.3 Å². The molecular formula is C15H23NO5. The number of nitrogens with two attached hydrogens (primary N) is 1. The second-order valence-electron chi connectivity index (χ2n) is 4.73. The molecule has 1 rings (SSSR count). The van der Waals surface area contributed by atoms with Crippen LogP contribution in [0.25, 0.3) is 0 Å². The van der Waals surface area contributed by atoms with Gasteiger partial charge in [-0.3, -0.25) is 4.79 Å². The first kappa shape index (κ1) is 17.1. The number of carboxylic acid groups (broad SMARTS) is 1. The highest BCUT2D eigenvalue weighted by Gasteiger charge is 2.26. The predicted molar refractivity (Wildman–Crippen MR) is 79.4 cm³/mol. The first-order chi connectivity index (χ1) is 9.98. The van der Waals surface area contributed by atoms with Crippen LogP contribution in [0.15, 0.2) is 12.1 Å². The van der Waals surface area contributed by atoms with Crippen LogP contribution in [-0.4, -0.2) is 38.4 Å². The maximum Gasteiger partial charge on any atom is 0.304 e. The van der Waals surface area contributed by atoms with Crippen molar-refractivity contribution in [2.45, 2.75) is 31.7 Å². The Kier molecular flexibility index (Phi) is 6.30. The van der Waals surface area contributed by atoms with E-state index in [9.17, 15) is 4.79 Å². The van der Waals surface area contributed by atoms with E-state index in [1.807, 2.05) is 6.92 Å². The van der Waals surface area contributed by atoms with Crippen molar-refractivity contribution >= 4 is 5.97 Å². The Morgan fingerprint density at radius 3 is 2.10 bits per heavy atom. The van der Waals surface area contributed by atoms with Crippen LogP contribution in [0.4, 0.5) is 0 Å². The predicted octanol–water partition coefficient (Wildman–Crippen LogP) is 2.01.